The van der Waals surface area contributed by atoms with E-state index in [1.54, 1.807) is 12.4 Å². The lowest BCUT2D eigenvalue weighted by Gasteiger charge is -2.11. The molecule has 0 aliphatic heterocycles. The number of hydrogen-bond donors (Lipinski definition) is 1. The van der Waals surface area contributed by atoms with Gasteiger partial charge in [0.05, 0.1) is 11.4 Å². The third-order valence-corrected chi connectivity index (χ3v) is 3.80. The molecule has 2 aromatic carbocycles. The molecule has 110 valence electrons. The highest BCUT2D eigenvalue weighted by molar-refractivity contribution is 5.79. The summed E-state index contributed by atoms with van der Waals surface area (Å²) in [4.78, 5) is 9.17. The quantitative estimate of drug-likeness (QED) is 0.773. The summed E-state index contributed by atoms with van der Waals surface area (Å²) in [6, 6.07) is 16.7. The van der Waals surface area contributed by atoms with Gasteiger partial charge >= 0.3 is 0 Å². The van der Waals surface area contributed by atoms with Gasteiger partial charge in [-0.15, -0.1) is 0 Å². The van der Waals surface area contributed by atoms with Crippen molar-refractivity contribution in [3.05, 3.63) is 66.5 Å². The maximum Gasteiger partial charge on any atom is 0.0967 e. The SMILES string of the molecule is CCc1ccccc1-c1nccnc1-c1ccc(NC)cc1. The lowest BCUT2D eigenvalue weighted by molar-refractivity contribution is 1.13. The van der Waals surface area contributed by atoms with Crippen LogP contribution in [0.25, 0.3) is 22.5 Å². The number of aryl methyl sites for hydroxylation is 1. The Morgan fingerprint density at radius 1 is 0.864 bits per heavy atom. The van der Waals surface area contributed by atoms with Crippen LogP contribution in [0, 0.1) is 0 Å². The number of aromatic nitrogens is 2. The number of rotatable bonds is 4. The minimum Gasteiger partial charge on any atom is -0.388 e. The molecule has 0 saturated heterocycles. The van der Waals surface area contributed by atoms with Crippen LogP contribution in [-0.4, -0.2) is 17.0 Å². The molecule has 0 amide bonds. The monoisotopic (exact) mass is 289 g/mol. The zero-order valence-electron chi connectivity index (χ0n) is 12.9. The first kappa shape index (κ1) is 14.3. The zero-order valence-corrected chi connectivity index (χ0v) is 12.9. The Hall–Kier alpha value is -2.68. The van der Waals surface area contributed by atoms with Gasteiger partial charge in [-0.05, 0) is 24.1 Å². The Bertz CT molecular complexity index is 764. The number of nitrogens with zero attached hydrogens (tertiary/aromatic N) is 2. The summed E-state index contributed by atoms with van der Waals surface area (Å²) < 4.78 is 0. The summed E-state index contributed by atoms with van der Waals surface area (Å²) in [5.74, 6) is 0. The highest BCUT2D eigenvalue weighted by Gasteiger charge is 2.12. The average Bonchev–Trinajstić information content (AvgIpc) is 2.62. The number of nitrogens with one attached hydrogen (secondary N) is 1. The second-order valence-corrected chi connectivity index (χ2v) is 5.09. The van der Waals surface area contributed by atoms with E-state index in [4.69, 9.17) is 0 Å². The van der Waals surface area contributed by atoms with Crippen LogP contribution in [0.5, 0.6) is 0 Å². The third kappa shape index (κ3) is 2.70. The van der Waals surface area contributed by atoms with Gasteiger partial charge in [-0.1, -0.05) is 43.3 Å². The Kier molecular flexibility index (Phi) is 4.15. The van der Waals surface area contributed by atoms with Crippen molar-refractivity contribution < 1.29 is 0 Å². The summed E-state index contributed by atoms with van der Waals surface area (Å²) in [5.41, 5.74) is 6.47. The molecular formula is C19H19N3. The molecule has 0 bridgehead atoms. The van der Waals surface area contributed by atoms with Crippen molar-refractivity contribution >= 4 is 5.69 Å². The molecule has 0 fully saturated rings. The summed E-state index contributed by atoms with van der Waals surface area (Å²) in [7, 11) is 1.92. The van der Waals surface area contributed by atoms with E-state index in [1.807, 2.05) is 7.05 Å². The Labute approximate surface area is 131 Å². The molecule has 22 heavy (non-hydrogen) atoms. The molecule has 3 rings (SSSR count). The molecule has 0 radical (unpaired) electrons. The standard InChI is InChI=1S/C19H19N3/c1-3-14-6-4-5-7-17(14)19-18(21-12-13-22-19)15-8-10-16(20-2)11-9-15/h4-13,20H,3H2,1-2H3. The Balaban J connectivity index is 2.13. The van der Waals surface area contributed by atoms with Crippen molar-refractivity contribution in [2.75, 3.05) is 12.4 Å². The fourth-order valence-corrected chi connectivity index (χ4v) is 2.60. The van der Waals surface area contributed by atoms with Crippen LogP contribution in [0.15, 0.2) is 60.9 Å². The molecule has 0 aliphatic carbocycles. The fourth-order valence-electron chi connectivity index (χ4n) is 2.60. The average molecular weight is 289 g/mol. The van der Waals surface area contributed by atoms with Crippen molar-refractivity contribution in [1.82, 2.24) is 9.97 Å². The molecule has 0 spiro atoms. The first-order valence-electron chi connectivity index (χ1n) is 7.51. The molecule has 0 unspecified atom stereocenters. The first-order chi connectivity index (χ1) is 10.8. The minimum absolute atomic E-state index is 0.922. The van der Waals surface area contributed by atoms with Gasteiger partial charge in [0.2, 0.25) is 0 Å². The molecule has 1 heterocycles. The van der Waals surface area contributed by atoms with Crippen LogP contribution >= 0.6 is 0 Å². The van der Waals surface area contributed by atoms with Crippen molar-refractivity contribution in [2.45, 2.75) is 13.3 Å². The predicted octanol–water partition coefficient (Wildman–Crippen LogP) is 4.41. The van der Waals surface area contributed by atoms with E-state index >= 15 is 0 Å². The van der Waals surface area contributed by atoms with E-state index in [0.717, 1.165) is 34.6 Å². The van der Waals surface area contributed by atoms with E-state index in [-0.39, 0.29) is 0 Å². The van der Waals surface area contributed by atoms with Gasteiger partial charge in [-0.25, -0.2) is 0 Å². The van der Waals surface area contributed by atoms with Crippen molar-refractivity contribution in [2.24, 2.45) is 0 Å². The van der Waals surface area contributed by atoms with Gasteiger partial charge in [0.25, 0.3) is 0 Å². The lowest BCUT2D eigenvalue weighted by Crippen LogP contribution is -1.96. The number of benzene rings is 2. The number of anilines is 1. The second-order valence-electron chi connectivity index (χ2n) is 5.09. The fraction of sp³-hybridized carbons (Fsp3) is 0.158. The maximum atomic E-state index is 4.60. The van der Waals surface area contributed by atoms with E-state index in [0.29, 0.717) is 0 Å². The van der Waals surface area contributed by atoms with E-state index < -0.39 is 0 Å². The molecule has 1 N–H and O–H groups in total. The largest absolute Gasteiger partial charge is 0.388 e. The second kappa shape index (κ2) is 6.39. The molecular weight excluding hydrogens is 270 g/mol. The van der Waals surface area contributed by atoms with Crippen LogP contribution in [0.2, 0.25) is 0 Å². The Morgan fingerprint density at radius 3 is 2.23 bits per heavy atom. The van der Waals surface area contributed by atoms with Crippen molar-refractivity contribution in [1.29, 1.82) is 0 Å². The summed E-state index contributed by atoms with van der Waals surface area (Å²) in [6.45, 7) is 2.16. The van der Waals surface area contributed by atoms with Gasteiger partial charge in [0, 0.05) is 36.3 Å². The van der Waals surface area contributed by atoms with E-state index in [1.165, 1.54) is 5.56 Å². The van der Waals surface area contributed by atoms with Crippen LogP contribution in [0.3, 0.4) is 0 Å². The van der Waals surface area contributed by atoms with E-state index in [2.05, 4.69) is 70.7 Å². The van der Waals surface area contributed by atoms with Gasteiger partial charge in [-0.3, -0.25) is 9.97 Å². The smallest absolute Gasteiger partial charge is 0.0967 e. The highest BCUT2D eigenvalue weighted by Crippen LogP contribution is 2.31. The molecule has 3 nitrogen and oxygen atoms in total. The van der Waals surface area contributed by atoms with Gasteiger partial charge < -0.3 is 5.32 Å². The Morgan fingerprint density at radius 2 is 1.55 bits per heavy atom. The topological polar surface area (TPSA) is 37.8 Å². The van der Waals surface area contributed by atoms with Crippen molar-refractivity contribution in [3.63, 3.8) is 0 Å². The summed E-state index contributed by atoms with van der Waals surface area (Å²) in [5, 5.41) is 3.13. The first-order valence-corrected chi connectivity index (χ1v) is 7.51. The predicted molar refractivity (Wildman–Crippen MR) is 91.8 cm³/mol. The molecule has 3 heteroatoms. The normalized spacial score (nSPS) is 10.5. The van der Waals surface area contributed by atoms with Crippen LogP contribution in [-0.2, 0) is 6.42 Å². The van der Waals surface area contributed by atoms with Gasteiger partial charge in [0.15, 0.2) is 0 Å². The van der Waals surface area contributed by atoms with E-state index in [9.17, 15) is 0 Å². The van der Waals surface area contributed by atoms with Gasteiger partial charge in [-0.2, -0.15) is 0 Å². The molecule has 0 atom stereocenters. The molecule has 1 aromatic heterocycles. The summed E-state index contributed by atoms with van der Waals surface area (Å²) in [6.07, 6.45) is 4.48. The van der Waals surface area contributed by atoms with Crippen LogP contribution < -0.4 is 5.32 Å². The van der Waals surface area contributed by atoms with Gasteiger partial charge in [0.1, 0.15) is 0 Å². The lowest BCUT2D eigenvalue weighted by atomic mass is 9.98. The molecule has 0 saturated carbocycles. The molecule has 3 aromatic rings. The minimum atomic E-state index is 0.922. The maximum absolute atomic E-state index is 4.60. The highest BCUT2D eigenvalue weighted by atomic mass is 14.8. The number of hydrogen-bond acceptors (Lipinski definition) is 3. The zero-order chi connectivity index (χ0) is 15.4. The van der Waals surface area contributed by atoms with Crippen molar-refractivity contribution in [3.8, 4) is 22.5 Å². The van der Waals surface area contributed by atoms with Crippen LogP contribution in [0.1, 0.15) is 12.5 Å². The van der Waals surface area contributed by atoms with Crippen LogP contribution in [0.4, 0.5) is 5.69 Å². The summed E-state index contributed by atoms with van der Waals surface area (Å²) >= 11 is 0. The molecule has 0 aliphatic rings. The third-order valence-electron chi connectivity index (χ3n) is 3.80.